The van der Waals surface area contributed by atoms with Crippen molar-refractivity contribution >= 4 is 23.2 Å². The number of aromatic nitrogens is 2. The highest BCUT2D eigenvalue weighted by atomic mass is 32.1. The lowest BCUT2D eigenvalue weighted by Crippen LogP contribution is -2.42. The highest BCUT2D eigenvalue weighted by molar-refractivity contribution is 7.12. The van der Waals surface area contributed by atoms with Gasteiger partial charge in [0.05, 0.1) is 11.4 Å². The molecular formula is C28H28N4O2S. The van der Waals surface area contributed by atoms with Gasteiger partial charge in [-0.15, -0.1) is 11.3 Å². The molecule has 0 radical (unpaired) electrons. The lowest BCUT2D eigenvalue weighted by atomic mass is 9.95. The molecule has 4 aromatic rings. The molecule has 2 aromatic carbocycles. The average molecular weight is 485 g/mol. The molecule has 1 saturated heterocycles. The van der Waals surface area contributed by atoms with Crippen molar-refractivity contribution in [3.05, 3.63) is 101 Å². The number of carbonyl (C=O) groups is 2. The summed E-state index contributed by atoms with van der Waals surface area (Å²) in [7, 11) is 0. The molecule has 0 aliphatic carbocycles. The van der Waals surface area contributed by atoms with Crippen molar-refractivity contribution in [2.24, 2.45) is 5.92 Å². The van der Waals surface area contributed by atoms with E-state index in [1.54, 1.807) is 6.20 Å². The Morgan fingerprint density at radius 3 is 2.49 bits per heavy atom. The first-order chi connectivity index (χ1) is 17.2. The van der Waals surface area contributed by atoms with Crippen LogP contribution in [0.15, 0.2) is 84.5 Å². The van der Waals surface area contributed by atoms with Gasteiger partial charge in [0.1, 0.15) is 0 Å². The van der Waals surface area contributed by atoms with E-state index in [0.29, 0.717) is 32.5 Å². The minimum atomic E-state index is -0.0591. The van der Waals surface area contributed by atoms with E-state index in [2.05, 4.69) is 46.8 Å². The summed E-state index contributed by atoms with van der Waals surface area (Å²) in [4.78, 5) is 28.1. The number of likely N-dealkylation sites (tertiary alicyclic amines) is 1. The zero-order valence-corrected chi connectivity index (χ0v) is 20.3. The molecule has 1 N–H and O–H groups in total. The molecule has 0 spiro atoms. The molecule has 0 unspecified atom stereocenters. The standard InChI is InChI=1S/C28H28N4O2S/c33-27(23-12-16-31(17-13-23)28(34)26-7-3-18-35-26)29-19-24-5-1-2-6-25(24)22-10-8-21(9-11-22)20-32-15-4-14-30-32/h1-11,14-15,18,23H,12-13,16-17,19-20H2,(H,29,33). The van der Waals surface area contributed by atoms with E-state index in [9.17, 15) is 9.59 Å². The molecule has 35 heavy (non-hydrogen) atoms. The van der Waals surface area contributed by atoms with Gasteiger partial charge in [0.25, 0.3) is 5.91 Å². The van der Waals surface area contributed by atoms with Crippen LogP contribution >= 0.6 is 11.3 Å². The second kappa shape index (κ2) is 10.7. The lowest BCUT2D eigenvalue weighted by molar-refractivity contribution is -0.126. The van der Waals surface area contributed by atoms with Crippen molar-refractivity contribution in [1.82, 2.24) is 20.0 Å². The summed E-state index contributed by atoms with van der Waals surface area (Å²) in [6, 6.07) is 22.4. The Hall–Kier alpha value is -3.71. The van der Waals surface area contributed by atoms with Gasteiger partial charge in [-0.3, -0.25) is 14.3 Å². The van der Waals surface area contributed by atoms with Crippen LogP contribution in [0, 0.1) is 5.92 Å². The van der Waals surface area contributed by atoms with Gasteiger partial charge >= 0.3 is 0 Å². The van der Waals surface area contributed by atoms with E-state index in [0.717, 1.165) is 28.1 Å². The zero-order valence-electron chi connectivity index (χ0n) is 19.5. The molecule has 5 rings (SSSR count). The van der Waals surface area contributed by atoms with Crippen LogP contribution in [0.1, 0.15) is 33.6 Å². The van der Waals surface area contributed by atoms with E-state index in [1.807, 2.05) is 51.5 Å². The van der Waals surface area contributed by atoms with Gasteiger partial charge < -0.3 is 10.2 Å². The Labute approximate surface area is 209 Å². The van der Waals surface area contributed by atoms with Crippen LogP contribution in [-0.4, -0.2) is 39.6 Å². The Morgan fingerprint density at radius 1 is 0.971 bits per heavy atom. The third-order valence-electron chi connectivity index (χ3n) is 6.52. The van der Waals surface area contributed by atoms with E-state index < -0.39 is 0 Å². The second-order valence-electron chi connectivity index (χ2n) is 8.82. The maximum absolute atomic E-state index is 12.9. The molecule has 1 fully saturated rings. The van der Waals surface area contributed by atoms with Crippen molar-refractivity contribution in [2.75, 3.05) is 13.1 Å². The van der Waals surface area contributed by atoms with Gasteiger partial charge in [0.2, 0.25) is 5.91 Å². The van der Waals surface area contributed by atoms with E-state index >= 15 is 0 Å². The highest BCUT2D eigenvalue weighted by Gasteiger charge is 2.28. The molecule has 0 bridgehead atoms. The molecule has 178 valence electrons. The Morgan fingerprint density at radius 2 is 1.77 bits per heavy atom. The van der Waals surface area contributed by atoms with Gasteiger partial charge in [0.15, 0.2) is 0 Å². The van der Waals surface area contributed by atoms with Gasteiger partial charge in [-0.2, -0.15) is 5.10 Å². The predicted octanol–water partition coefficient (Wildman–Crippen LogP) is 4.83. The molecule has 2 amide bonds. The summed E-state index contributed by atoms with van der Waals surface area (Å²) in [6.45, 7) is 2.47. The molecule has 1 aliphatic heterocycles. The summed E-state index contributed by atoms with van der Waals surface area (Å²) in [5, 5.41) is 9.32. The quantitative estimate of drug-likeness (QED) is 0.409. The Kier molecular flexibility index (Phi) is 7.04. The number of carbonyl (C=O) groups excluding carboxylic acids is 2. The largest absolute Gasteiger partial charge is 0.352 e. The molecule has 3 heterocycles. The van der Waals surface area contributed by atoms with Crippen LogP contribution < -0.4 is 5.32 Å². The number of rotatable bonds is 7. The lowest BCUT2D eigenvalue weighted by Gasteiger charge is -2.31. The smallest absolute Gasteiger partial charge is 0.263 e. The number of nitrogens with zero attached hydrogens (tertiary/aromatic N) is 3. The maximum Gasteiger partial charge on any atom is 0.263 e. The molecule has 7 heteroatoms. The molecule has 2 aromatic heterocycles. The summed E-state index contributed by atoms with van der Waals surface area (Å²) < 4.78 is 1.90. The minimum absolute atomic E-state index is 0.0591. The third kappa shape index (κ3) is 5.52. The van der Waals surface area contributed by atoms with Crippen molar-refractivity contribution in [3.8, 4) is 11.1 Å². The summed E-state index contributed by atoms with van der Waals surface area (Å²) in [5.74, 6) is 0.0807. The third-order valence-corrected chi connectivity index (χ3v) is 7.38. The van der Waals surface area contributed by atoms with Crippen LogP contribution in [0.3, 0.4) is 0 Å². The van der Waals surface area contributed by atoms with E-state index in [4.69, 9.17) is 0 Å². The van der Waals surface area contributed by atoms with Crippen molar-refractivity contribution < 1.29 is 9.59 Å². The number of thiophene rings is 1. The van der Waals surface area contributed by atoms with Gasteiger partial charge in [-0.25, -0.2) is 0 Å². The first-order valence-electron chi connectivity index (χ1n) is 11.9. The molecule has 6 nitrogen and oxygen atoms in total. The number of hydrogen-bond donors (Lipinski definition) is 1. The first kappa shape index (κ1) is 23.1. The van der Waals surface area contributed by atoms with Gasteiger partial charge in [-0.1, -0.05) is 54.6 Å². The van der Waals surface area contributed by atoms with Crippen LogP contribution in [0.2, 0.25) is 0 Å². The van der Waals surface area contributed by atoms with Crippen molar-refractivity contribution in [1.29, 1.82) is 0 Å². The SMILES string of the molecule is O=C(NCc1ccccc1-c1ccc(Cn2cccn2)cc1)C1CCN(C(=O)c2cccs2)CC1. The van der Waals surface area contributed by atoms with Crippen LogP contribution in [0.5, 0.6) is 0 Å². The number of nitrogens with one attached hydrogen (secondary N) is 1. The predicted molar refractivity (Wildman–Crippen MR) is 138 cm³/mol. The molecular weight excluding hydrogens is 456 g/mol. The Balaban J connectivity index is 1.17. The summed E-state index contributed by atoms with van der Waals surface area (Å²) in [5.41, 5.74) is 4.52. The average Bonchev–Trinajstić information content (AvgIpc) is 3.63. The fourth-order valence-corrected chi connectivity index (χ4v) is 5.25. The highest BCUT2D eigenvalue weighted by Crippen LogP contribution is 2.25. The van der Waals surface area contributed by atoms with Gasteiger partial charge in [0, 0.05) is 37.9 Å². The topological polar surface area (TPSA) is 67.2 Å². The first-order valence-corrected chi connectivity index (χ1v) is 12.8. The fraction of sp³-hybridized carbons (Fsp3) is 0.250. The number of piperidine rings is 1. The van der Waals surface area contributed by atoms with E-state index in [-0.39, 0.29) is 17.7 Å². The summed E-state index contributed by atoms with van der Waals surface area (Å²) in [6.07, 6.45) is 5.13. The van der Waals surface area contributed by atoms with Crippen molar-refractivity contribution in [2.45, 2.75) is 25.9 Å². The van der Waals surface area contributed by atoms with E-state index in [1.165, 1.54) is 16.9 Å². The Bertz CT molecular complexity index is 1260. The van der Waals surface area contributed by atoms with Crippen LogP contribution in [-0.2, 0) is 17.9 Å². The summed E-state index contributed by atoms with van der Waals surface area (Å²) >= 11 is 1.46. The molecule has 0 saturated carbocycles. The van der Waals surface area contributed by atoms with Crippen LogP contribution in [0.4, 0.5) is 0 Å². The maximum atomic E-state index is 12.9. The van der Waals surface area contributed by atoms with Gasteiger partial charge in [-0.05, 0) is 52.6 Å². The normalized spacial score (nSPS) is 14.1. The number of hydrogen-bond acceptors (Lipinski definition) is 4. The second-order valence-corrected chi connectivity index (χ2v) is 9.77. The number of amides is 2. The molecule has 0 atom stereocenters. The monoisotopic (exact) mass is 484 g/mol. The minimum Gasteiger partial charge on any atom is -0.352 e. The van der Waals surface area contributed by atoms with Crippen molar-refractivity contribution in [3.63, 3.8) is 0 Å². The number of benzene rings is 2. The van der Waals surface area contributed by atoms with Crippen LogP contribution in [0.25, 0.3) is 11.1 Å². The molecule has 1 aliphatic rings. The fourth-order valence-electron chi connectivity index (χ4n) is 4.55. The zero-order chi connectivity index (χ0) is 24.0.